The molecule has 0 unspecified atom stereocenters. The van der Waals surface area contributed by atoms with Gasteiger partial charge < -0.3 is 9.88 Å². The van der Waals surface area contributed by atoms with Crippen LogP contribution in [0.2, 0.25) is 0 Å². The molecular weight excluding hydrogens is 314 g/mol. The fourth-order valence-electron chi connectivity index (χ4n) is 2.83. The van der Waals surface area contributed by atoms with E-state index in [0.29, 0.717) is 6.54 Å². The molecule has 6 nitrogen and oxygen atoms in total. The summed E-state index contributed by atoms with van der Waals surface area (Å²) in [5.74, 6) is -0.0506. The molecule has 6 heteroatoms. The van der Waals surface area contributed by atoms with Gasteiger partial charge in [-0.05, 0) is 35.2 Å². The van der Waals surface area contributed by atoms with E-state index in [4.69, 9.17) is 0 Å². The van der Waals surface area contributed by atoms with Crippen LogP contribution >= 0.6 is 0 Å². The average molecular weight is 331 g/mol. The maximum absolute atomic E-state index is 12.3. The second kappa shape index (κ2) is 6.60. The Balaban J connectivity index is 1.40. The predicted molar refractivity (Wildman–Crippen MR) is 96.1 cm³/mol. The summed E-state index contributed by atoms with van der Waals surface area (Å²) in [7, 11) is 0. The number of hydrogen-bond acceptors (Lipinski definition) is 3. The van der Waals surface area contributed by atoms with E-state index in [-0.39, 0.29) is 12.5 Å². The number of nitrogens with one attached hydrogen (secondary N) is 1. The van der Waals surface area contributed by atoms with E-state index in [1.54, 1.807) is 11.0 Å². The molecule has 1 amide bonds. The summed E-state index contributed by atoms with van der Waals surface area (Å²) >= 11 is 0. The Kier molecular flexibility index (Phi) is 4.00. The summed E-state index contributed by atoms with van der Waals surface area (Å²) in [5, 5.41) is 8.15. The van der Waals surface area contributed by atoms with Crippen LogP contribution in [0.5, 0.6) is 0 Å². The first-order valence-corrected chi connectivity index (χ1v) is 8.03. The Morgan fingerprint density at radius 3 is 2.68 bits per heavy atom. The minimum absolute atomic E-state index is 0.0506. The smallest absolute Gasteiger partial charge is 0.244 e. The van der Waals surface area contributed by atoms with Crippen LogP contribution in [0.15, 0.2) is 73.4 Å². The quantitative estimate of drug-likeness (QED) is 0.611. The summed E-state index contributed by atoms with van der Waals surface area (Å²) in [6, 6.07) is 17.8. The zero-order chi connectivity index (χ0) is 17.1. The van der Waals surface area contributed by atoms with E-state index in [1.807, 2.05) is 65.4 Å². The molecule has 124 valence electrons. The van der Waals surface area contributed by atoms with Crippen molar-refractivity contribution in [3.63, 3.8) is 0 Å². The van der Waals surface area contributed by atoms with Crippen LogP contribution in [0.3, 0.4) is 0 Å². The molecule has 25 heavy (non-hydrogen) atoms. The fourth-order valence-corrected chi connectivity index (χ4v) is 2.83. The van der Waals surface area contributed by atoms with E-state index in [1.165, 1.54) is 6.33 Å². The molecule has 0 fully saturated rings. The molecule has 0 spiro atoms. The molecule has 2 aromatic carbocycles. The highest BCUT2D eigenvalue weighted by Gasteiger charge is 2.06. The number of para-hydroxylation sites is 1. The Morgan fingerprint density at radius 2 is 1.88 bits per heavy atom. The van der Waals surface area contributed by atoms with Gasteiger partial charge in [0, 0.05) is 17.4 Å². The molecule has 0 aliphatic heterocycles. The third-order valence-corrected chi connectivity index (χ3v) is 4.04. The van der Waals surface area contributed by atoms with Crippen LogP contribution in [-0.2, 0) is 17.9 Å². The van der Waals surface area contributed by atoms with Gasteiger partial charge in [-0.2, -0.15) is 5.10 Å². The van der Waals surface area contributed by atoms with Crippen molar-refractivity contribution in [1.82, 2.24) is 19.3 Å². The molecule has 0 radical (unpaired) electrons. The topological polar surface area (TPSA) is 64.7 Å². The van der Waals surface area contributed by atoms with Gasteiger partial charge in [0.2, 0.25) is 5.91 Å². The molecule has 0 saturated carbocycles. The number of benzene rings is 2. The van der Waals surface area contributed by atoms with E-state index < -0.39 is 0 Å². The zero-order valence-electron chi connectivity index (χ0n) is 13.5. The van der Waals surface area contributed by atoms with Gasteiger partial charge in [-0.1, -0.05) is 30.3 Å². The van der Waals surface area contributed by atoms with Gasteiger partial charge in [-0.25, -0.2) is 9.67 Å². The van der Waals surface area contributed by atoms with E-state index in [0.717, 1.165) is 22.2 Å². The van der Waals surface area contributed by atoms with Gasteiger partial charge in [-0.15, -0.1) is 0 Å². The van der Waals surface area contributed by atoms with Crippen LogP contribution < -0.4 is 5.32 Å². The van der Waals surface area contributed by atoms with E-state index in [9.17, 15) is 4.79 Å². The molecule has 0 aliphatic carbocycles. The summed E-state index contributed by atoms with van der Waals surface area (Å²) in [5.41, 5.74) is 2.93. The highest BCUT2D eigenvalue weighted by molar-refractivity contribution is 5.92. The van der Waals surface area contributed by atoms with Gasteiger partial charge in [0.15, 0.2) is 0 Å². The number of anilines is 1. The lowest BCUT2D eigenvalue weighted by molar-refractivity contribution is -0.116. The molecule has 0 aliphatic rings. The van der Waals surface area contributed by atoms with Gasteiger partial charge in [0.25, 0.3) is 0 Å². The first-order chi connectivity index (χ1) is 12.3. The number of hydrogen-bond donors (Lipinski definition) is 1. The van der Waals surface area contributed by atoms with Gasteiger partial charge in [-0.3, -0.25) is 4.79 Å². The Bertz CT molecular complexity index is 986. The standard InChI is InChI=1S/C19H17N5O/c25-19(12-23-10-9-16-3-1-2-4-18(16)23)22-17-7-5-15(6-8-17)11-24-14-20-13-21-24/h1-10,13-14H,11-12H2,(H,22,25). The molecule has 0 bridgehead atoms. The number of aromatic nitrogens is 4. The third kappa shape index (κ3) is 3.42. The van der Waals surface area contributed by atoms with Gasteiger partial charge in [0.05, 0.1) is 6.54 Å². The second-order valence-corrected chi connectivity index (χ2v) is 5.84. The van der Waals surface area contributed by atoms with E-state index >= 15 is 0 Å². The SMILES string of the molecule is O=C(Cn1ccc2ccccc21)Nc1ccc(Cn2cncn2)cc1. The summed E-state index contributed by atoms with van der Waals surface area (Å²) in [4.78, 5) is 16.2. The summed E-state index contributed by atoms with van der Waals surface area (Å²) in [6.07, 6.45) is 5.13. The predicted octanol–water partition coefficient (Wildman–Crippen LogP) is 2.92. The molecule has 0 atom stereocenters. The van der Waals surface area contributed by atoms with Crippen molar-refractivity contribution >= 4 is 22.5 Å². The lowest BCUT2D eigenvalue weighted by Crippen LogP contribution is -2.18. The molecule has 1 N–H and O–H groups in total. The van der Waals surface area contributed by atoms with Crippen molar-refractivity contribution in [2.45, 2.75) is 13.1 Å². The zero-order valence-corrected chi connectivity index (χ0v) is 13.5. The maximum Gasteiger partial charge on any atom is 0.244 e. The van der Waals surface area contributed by atoms with Crippen LogP contribution in [0.4, 0.5) is 5.69 Å². The van der Waals surface area contributed by atoms with Crippen LogP contribution in [0, 0.1) is 0 Å². The van der Waals surface area contributed by atoms with Crippen molar-refractivity contribution in [3.8, 4) is 0 Å². The number of carbonyl (C=O) groups is 1. The average Bonchev–Trinajstić information content (AvgIpc) is 3.27. The van der Waals surface area contributed by atoms with Crippen LogP contribution in [0.25, 0.3) is 10.9 Å². The number of nitrogens with zero attached hydrogens (tertiary/aromatic N) is 4. The first kappa shape index (κ1) is 15.1. The van der Waals surface area contributed by atoms with Gasteiger partial charge in [0.1, 0.15) is 19.2 Å². The van der Waals surface area contributed by atoms with E-state index in [2.05, 4.69) is 15.4 Å². The molecular formula is C19H17N5O. The fraction of sp³-hybridized carbons (Fsp3) is 0.105. The Hall–Kier alpha value is -3.41. The largest absolute Gasteiger partial charge is 0.338 e. The molecule has 2 heterocycles. The van der Waals surface area contributed by atoms with Gasteiger partial charge >= 0.3 is 0 Å². The van der Waals surface area contributed by atoms with Crippen LogP contribution in [-0.4, -0.2) is 25.2 Å². The monoisotopic (exact) mass is 331 g/mol. The summed E-state index contributed by atoms with van der Waals surface area (Å²) < 4.78 is 3.70. The second-order valence-electron chi connectivity index (χ2n) is 5.84. The minimum Gasteiger partial charge on any atom is -0.338 e. The Morgan fingerprint density at radius 1 is 1.04 bits per heavy atom. The maximum atomic E-state index is 12.3. The number of amides is 1. The molecule has 0 saturated heterocycles. The first-order valence-electron chi connectivity index (χ1n) is 8.03. The molecule has 4 aromatic rings. The summed E-state index contributed by atoms with van der Waals surface area (Å²) in [6.45, 7) is 0.942. The highest BCUT2D eigenvalue weighted by Crippen LogP contribution is 2.15. The van der Waals surface area contributed by atoms with Crippen molar-refractivity contribution < 1.29 is 4.79 Å². The number of fused-ring (bicyclic) bond motifs is 1. The lowest BCUT2D eigenvalue weighted by Gasteiger charge is -2.08. The lowest BCUT2D eigenvalue weighted by atomic mass is 10.2. The van der Waals surface area contributed by atoms with Crippen molar-refractivity contribution in [2.75, 3.05) is 5.32 Å². The normalized spacial score (nSPS) is 10.9. The van der Waals surface area contributed by atoms with Crippen molar-refractivity contribution in [2.24, 2.45) is 0 Å². The minimum atomic E-state index is -0.0506. The van der Waals surface area contributed by atoms with Crippen molar-refractivity contribution in [1.29, 1.82) is 0 Å². The molecule has 2 aromatic heterocycles. The number of carbonyl (C=O) groups excluding carboxylic acids is 1. The molecule has 4 rings (SSSR count). The third-order valence-electron chi connectivity index (χ3n) is 4.04. The highest BCUT2D eigenvalue weighted by atomic mass is 16.1. The van der Waals surface area contributed by atoms with Crippen molar-refractivity contribution in [3.05, 3.63) is 79.0 Å². The van der Waals surface area contributed by atoms with Crippen LogP contribution in [0.1, 0.15) is 5.56 Å². The Labute approximate surface area is 144 Å². The number of rotatable bonds is 5.